The van der Waals surface area contributed by atoms with E-state index in [9.17, 15) is 18.0 Å². The molecule has 186 valence electrons. The first-order valence-electron chi connectivity index (χ1n) is 11.6. The number of carbonyl (C=O) groups is 1. The number of anilines is 1. The molecule has 8 nitrogen and oxygen atoms in total. The Kier molecular flexibility index (Phi) is 7.54. The number of carbonyl (C=O) groups excluding carboxylic acids is 1. The van der Waals surface area contributed by atoms with E-state index >= 15 is 0 Å². The fourth-order valence-corrected chi connectivity index (χ4v) is 4.81. The first kappa shape index (κ1) is 24.6. The van der Waals surface area contributed by atoms with Crippen molar-refractivity contribution >= 4 is 22.6 Å². The Hall–Kier alpha value is -2.50. The zero-order valence-corrected chi connectivity index (χ0v) is 19.4. The second-order valence-electron chi connectivity index (χ2n) is 9.01. The standard InChI is InChI=1S/C23H31F3N6O2/c1-31(34-2)22(33)15-3-6-18(7-4-15)32-12-17(13-32)27-9-10-28-21-19-11-16(23(24,25)26)5-8-20(19)29-14-30-21/h5,8,11,14-15,17-18,27H,3-4,6-7,9-10,12-13H2,1-2H3,(H,28,29,30). The number of aromatic nitrogens is 2. The molecule has 0 spiro atoms. The van der Waals surface area contributed by atoms with Crippen LogP contribution in [0, 0.1) is 5.92 Å². The molecule has 1 saturated carbocycles. The number of benzene rings is 1. The van der Waals surface area contributed by atoms with Crippen LogP contribution in [0.15, 0.2) is 24.5 Å². The number of nitrogens with zero attached hydrogens (tertiary/aromatic N) is 4. The Balaban J connectivity index is 1.18. The van der Waals surface area contributed by atoms with Gasteiger partial charge in [-0.05, 0) is 43.9 Å². The summed E-state index contributed by atoms with van der Waals surface area (Å²) in [5.41, 5.74) is -0.243. The van der Waals surface area contributed by atoms with E-state index in [0.29, 0.717) is 41.9 Å². The zero-order chi connectivity index (χ0) is 24.3. The molecule has 1 aliphatic heterocycles. The maximum atomic E-state index is 13.1. The number of hydrogen-bond donors (Lipinski definition) is 2. The molecule has 2 fully saturated rings. The lowest BCUT2D eigenvalue weighted by Crippen LogP contribution is -2.62. The number of alkyl halides is 3. The molecular formula is C23H31F3N6O2. The molecule has 0 bridgehead atoms. The van der Waals surface area contributed by atoms with Gasteiger partial charge in [-0.25, -0.2) is 15.0 Å². The highest BCUT2D eigenvalue weighted by Gasteiger charge is 2.36. The third-order valence-electron chi connectivity index (χ3n) is 6.87. The molecule has 1 amide bonds. The Bertz CT molecular complexity index is 990. The summed E-state index contributed by atoms with van der Waals surface area (Å²) in [6, 6.07) is 4.39. The number of nitrogens with one attached hydrogen (secondary N) is 2. The van der Waals surface area contributed by atoms with Crippen LogP contribution in [0.2, 0.25) is 0 Å². The third kappa shape index (κ3) is 5.59. The average molecular weight is 481 g/mol. The van der Waals surface area contributed by atoms with Crippen LogP contribution >= 0.6 is 0 Å². The van der Waals surface area contributed by atoms with Crippen LogP contribution < -0.4 is 10.6 Å². The van der Waals surface area contributed by atoms with Gasteiger partial charge in [-0.1, -0.05) is 0 Å². The number of fused-ring (bicyclic) bond motifs is 1. The number of rotatable bonds is 8. The molecule has 1 aromatic heterocycles. The van der Waals surface area contributed by atoms with Crippen molar-refractivity contribution in [2.24, 2.45) is 5.92 Å². The third-order valence-corrected chi connectivity index (χ3v) is 6.87. The van der Waals surface area contributed by atoms with Crippen LogP contribution in [0.1, 0.15) is 31.2 Å². The second kappa shape index (κ2) is 10.4. The van der Waals surface area contributed by atoms with E-state index in [1.807, 2.05) is 0 Å². The van der Waals surface area contributed by atoms with Gasteiger partial charge < -0.3 is 10.6 Å². The summed E-state index contributed by atoms with van der Waals surface area (Å²) in [6.07, 6.45) is 0.752. The summed E-state index contributed by atoms with van der Waals surface area (Å²) in [5.74, 6) is 0.508. The van der Waals surface area contributed by atoms with Crippen molar-refractivity contribution in [1.29, 1.82) is 0 Å². The predicted octanol–water partition coefficient (Wildman–Crippen LogP) is 2.91. The largest absolute Gasteiger partial charge is 0.416 e. The maximum Gasteiger partial charge on any atom is 0.416 e. The average Bonchev–Trinajstić information content (AvgIpc) is 2.81. The first-order valence-corrected chi connectivity index (χ1v) is 11.6. The fraction of sp³-hybridized carbons (Fsp3) is 0.609. The van der Waals surface area contributed by atoms with E-state index in [1.165, 1.54) is 24.6 Å². The van der Waals surface area contributed by atoms with Crippen molar-refractivity contribution in [3.63, 3.8) is 0 Å². The van der Waals surface area contributed by atoms with Gasteiger partial charge in [0.2, 0.25) is 5.91 Å². The number of amides is 1. The van der Waals surface area contributed by atoms with E-state index in [1.54, 1.807) is 7.05 Å². The predicted molar refractivity (Wildman–Crippen MR) is 122 cm³/mol. The molecule has 0 radical (unpaired) electrons. The zero-order valence-electron chi connectivity index (χ0n) is 19.4. The van der Waals surface area contributed by atoms with Gasteiger partial charge in [-0.15, -0.1) is 0 Å². The van der Waals surface area contributed by atoms with Gasteiger partial charge in [0.05, 0.1) is 18.2 Å². The highest BCUT2D eigenvalue weighted by molar-refractivity contribution is 5.89. The van der Waals surface area contributed by atoms with Gasteiger partial charge in [-0.2, -0.15) is 13.2 Å². The maximum absolute atomic E-state index is 13.1. The number of hydrogen-bond acceptors (Lipinski definition) is 7. The molecule has 2 N–H and O–H groups in total. The molecule has 2 heterocycles. The van der Waals surface area contributed by atoms with Gasteiger partial charge in [0.25, 0.3) is 0 Å². The van der Waals surface area contributed by atoms with Gasteiger partial charge in [0.1, 0.15) is 12.1 Å². The first-order chi connectivity index (χ1) is 16.3. The molecule has 1 aliphatic carbocycles. The molecule has 2 aromatic rings. The van der Waals surface area contributed by atoms with Crippen LogP contribution in [0.3, 0.4) is 0 Å². The monoisotopic (exact) mass is 480 g/mol. The van der Waals surface area contributed by atoms with Crippen LogP contribution in [0.5, 0.6) is 0 Å². The Morgan fingerprint density at radius 3 is 2.59 bits per heavy atom. The molecular weight excluding hydrogens is 449 g/mol. The van der Waals surface area contributed by atoms with Crippen LogP contribution in [0.25, 0.3) is 10.9 Å². The molecule has 11 heteroatoms. The number of likely N-dealkylation sites (tertiary alicyclic amines) is 1. The SMILES string of the molecule is CON(C)C(=O)C1CCC(N2CC(NCCNc3ncnc4ccc(C(F)(F)F)cc34)C2)CC1. The van der Waals surface area contributed by atoms with Gasteiger partial charge >= 0.3 is 6.18 Å². The molecule has 2 aliphatic rings. The minimum absolute atomic E-state index is 0.0487. The van der Waals surface area contributed by atoms with Crippen molar-refractivity contribution in [3.05, 3.63) is 30.1 Å². The Morgan fingerprint density at radius 1 is 1.18 bits per heavy atom. The Morgan fingerprint density at radius 2 is 1.91 bits per heavy atom. The van der Waals surface area contributed by atoms with E-state index in [0.717, 1.165) is 50.9 Å². The number of halogens is 3. The van der Waals surface area contributed by atoms with Crippen molar-refractivity contribution < 1.29 is 22.8 Å². The molecule has 4 rings (SSSR count). The summed E-state index contributed by atoms with van der Waals surface area (Å²) in [4.78, 5) is 27.9. The van der Waals surface area contributed by atoms with Gasteiger partial charge in [-0.3, -0.25) is 14.5 Å². The topological polar surface area (TPSA) is 82.6 Å². The summed E-state index contributed by atoms with van der Waals surface area (Å²) in [6.45, 7) is 3.14. The summed E-state index contributed by atoms with van der Waals surface area (Å²) in [5, 5.41) is 8.30. The Labute approximate surface area is 196 Å². The summed E-state index contributed by atoms with van der Waals surface area (Å²) >= 11 is 0. The lowest BCUT2D eigenvalue weighted by atomic mass is 9.83. The van der Waals surface area contributed by atoms with Crippen LogP contribution in [0.4, 0.5) is 19.0 Å². The van der Waals surface area contributed by atoms with Crippen molar-refractivity contribution in [1.82, 2.24) is 25.2 Å². The van der Waals surface area contributed by atoms with Crippen molar-refractivity contribution in [3.8, 4) is 0 Å². The second-order valence-corrected chi connectivity index (χ2v) is 9.01. The quantitative estimate of drug-likeness (QED) is 0.444. The van der Waals surface area contributed by atoms with E-state index in [4.69, 9.17) is 4.84 Å². The fourth-order valence-electron chi connectivity index (χ4n) is 4.81. The summed E-state index contributed by atoms with van der Waals surface area (Å²) < 4.78 is 39.2. The smallest absolute Gasteiger partial charge is 0.368 e. The minimum Gasteiger partial charge on any atom is -0.368 e. The highest BCUT2D eigenvalue weighted by Crippen LogP contribution is 2.33. The van der Waals surface area contributed by atoms with E-state index in [-0.39, 0.29) is 11.8 Å². The van der Waals surface area contributed by atoms with Crippen molar-refractivity contribution in [2.75, 3.05) is 45.7 Å². The minimum atomic E-state index is -4.41. The molecule has 1 saturated heterocycles. The van der Waals surface area contributed by atoms with Gasteiger partial charge in [0.15, 0.2) is 0 Å². The molecule has 0 atom stereocenters. The lowest BCUT2D eigenvalue weighted by Gasteiger charge is -2.47. The summed E-state index contributed by atoms with van der Waals surface area (Å²) in [7, 11) is 3.16. The molecule has 34 heavy (non-hydrogen) atoms. The number of hydroxylamine groups is 2. The van der Waals surface area contributed by atoms with E-state index in [2.05, 4.69) is 25.5 Å². The normalized spacial score (nSPS) is 21.9. The van der Waals surface area contributed by atoms with Crippen LogP contribution in [-0.2, 0) is 15.8 Å². The molecule has 0 unspecified atom stereocenters. The lowest BCUT2D eigenvalue weighted by molar-refractivity contribution is -0.174. The van der Waals surface area contributed by atoms with Crippen LogP contribution in [-0.4, -0.2) is 78.3 Å². The van der Waals surface area contributed by atoms with E-state index < -0.39 is 11.7 Å². The molecule has 1 aromatic carbocycles. The highest BCUT2D eigenvalue weighted by atomic mass is 19.4. The van der Waals surface area contributed by atoms with Crippen molar-refractivity contribution in [2.45, 2.75) is 43.9 Å². The van der Waals surface area contributed by atoms with Gasteiger partial charge in [0, 0.05) is 56.6 Å².